The third-order valence-electron chi connectivity index (χ3n) is 4.42. The summed E-state index contributed by atoms with van der Waals surface area (Å²) in [5.41, 5.74) is 0.804. The van der Waals surface area contributed by atoms with E-state index < -0.39 is 0 Å². The van der Waals surface area contributed by atoms with Crippen LogP contribution in [0.15, 0.2) is 28.7 Å². The molecule has 2 aromatic rings. The van der Waals surface area contributed by atoms with Gasteiger partial charge in [0.15, 0.2) is 4.77 Å². The number of nitrogens with zero attached hydrogens (tertiary/aromatic N) is 3. The second kappa shape index (κ2) is 8.13. The molecular weight excluding hydrogens is 418 g/mol. The first-order valence-corrected chi connectivity index (χ1v) is 9.67. The highest BCUT2D eigenvalue weighted by Crippen LogP contribution is 2.27. The smallest absolute Gasteiger partial charge is 0.227 e. The van der Waals surface area contributed by atoms with Crippen molar-refractivity contribution in [1.82, 2.24) is 20.1 Å². The van der Waals surface area contributed by atoms with Gasteiger partial charge in [0.1, 0.15) is 5.82 Å². The number of amides is 2. The average Bonchev–Trinajstić information content (AvgIpc) is 3.17. The predicted molar refractivity (Wildman–Crippen MR) is 104 cm³/mol. The SMILES string of the molecule is CCn1c(CCNC(=O)C2CC(=O)N(c3cccc(Br)c3)C2)n[nH]c1=S. The number of aromatic amines is 1. The van der Waals surface area contributed by atoms with Gasteiger partial charge >= 0.3 is 0 Å². The van der Waals surface area contributed by atoms with E-state index in [-0.39, 0.29) is 24.2 Å². The Bertz CT molecular complexity index is 878. The Morgan fingerprint density at radius 3 is 3.04 bits per heavy atom. The van der Waals surface area contributed by atoms with Gasteiger partial charge < -0.3 is 14.8 Å². The summed E-state index contributed by atoms with van der Waals surface area (Å²) in [7, 11) is 0. The summed E-state index contributed by atoms with van der Waals surface area (Å²) in [4.78, 5) is 26.4. The Kier molecular flexibility index (Phi) is 5.87. The maximum atomic E-state index is 12.4. The van der Waals surface area contributed by atoms with Gasteiger partial charge in [0, 0.05) is 42.6 Å². The molecule has 9 heteroatoms. The number of halogens is 1. The second-order valence-corrected chi connectivity index (χ2v) is 7.42. The Morgan fingerprint density at radius 1 is 1.50 bits per heavy atom. The van der Waals surface area contributed by atoms with E-state index in [1.54, 1.807) is 4.90 Å². The topological polar surface area (TPSA) is 83.0 Å². The number of anilines is 1. The van der Waals surface area contributed by atoms with Crippen LogP contribution in [0, 0.1) is 10.7 Å². The van der Waals surface area contributed by atoms with Crippen molar-refractivity contribution in [3.05, 3.63) is 39.3 Å². The fourth-order valence-corrected chi connectivity index (χ4v) is 3.75. The summed E-state index contributed by atoms with van der Waals surface area (Å²) in [6, 6.07) is 7.53. The predicted octanol–water partition coefficient (Wildman–Crippen LogP) is 2.43. The Morgan fingerprint density at radius 2 is 2.31 bits per heavy atom. The minimum atomic E-state index is -0.339. The quantitative estimate of drug-likeness (QED) is 0.679. The molecular formula is C17H20BrN5O2S. The van der Waals surface area contributed by atoms with Crippen LogP contribution < -0.4 is 10.2 Å². The lowest BCUT2D eigenvalue weighted by atomic mass is 10.1. The molecule has 1 aliphatic heterocycles. The molecule has 2 amide bonds. The zero-order valence-corrected chi connectivity index (χ0v) is 16.8. The summed E-state index contributed by atoms with van der Waals surface area (Å²) in [6.07, 6.45) is 0.814. The number of rotatable bonds is 6. The van der Waals surface area contributed by atoms with Gasteiger partial charge in [-0.3, -0.25) is 14.7 Å². The first-order valence-electron chi connectivity index (χ1n) is 8.47. The molecule has 26 heavy (non-hydrogen) atoms. The number of hydrogen-bond acceptors (Lipinski definition) is 4. The second-order valence-electron chi connectivity index (χ2n) is 6.12. The number of aromatic nitrogens is 3. The zero-order chi connectivity index (χ0) is 18.7. The molecule has 2 heterocycles. The standard InChI is InChI=1S/C17H20BrN5O2S/c1-2-22-14(20-21-17(22)26)6-7-19-16(25)11-8-15(24)23(10-11)13-5-3-4-12(18)9-13/h3-5,9,11H,2,6-8,10H2,1H3,(H,19,25)(H,21,26). The molecule has 7 nitrogen and oxygen atoms in total. The number of H-pyrrole nitrogens is 1. The molecule has 1 fully saturated rings. The lowest BCUT2D eigenvalue weighted by Gasteiger charge is -2.17. The number of hydrogen-bond donors (Lipinski definition) is 2. The van der Waals surface area contributed by atoms with E-state index >= 15 is 0 Å². The van der Waals surface area contributed by atoms with Crippen LogP contribution in [0.4, 0.5) is 5.69 Å². The Labute approximate surface area is 164 Å². The van der Waals surface area contributed by atoms with E-state index in [0.29, 0.717) is 24.3 Å². The molecule has 1 saturated heterocycles. The van der Waals surface area contributed by atoms with Gasteiger partial charge in [-0.25, -0.2) is 0 Å². The van der Waals surface area contributed by atoms with Gasteiger partial charge in [0.2, 0.25) is 11.8 Å². The van der Waals surface area contributed by atoms with E-state index in [0.717, 1.165) is 22.5 Å². The molecule has 0 saturated carbocycles. The maximum Gasteiger partial charge on any atom is 0.227 e. The van der Waals surface area contributed by atoms with E-state index in [2.05, 4.69) is 31.4 Å². The molecule has 3 rings (SSSR count). The van der Waals surface area contributed by atoms with E-state index in [1.807, 2.05) is 35.8 Å². The molecule has 1 aliphatic rings. The monoisotopic (exact) mass is 437 g/mol. The third kappa shape index (κ3) is 4.04. The van der Waals surface area contributed by atoms with Crippen LogP contribution in [0.1, 0.15) is 19.2 Å². The number of carbonyl (C=O) groups excluding carboxylic acids is 2. The first kappa shape index (κ1) is 18.8. The number of carbonyl (C=O) groups is 2. The van der Waals surface area contributed by atoms with Crippen molar-refractivity contribution >= 4 is 45.6 Å². The van der Waals surface area contributed by atoms with Crippen molar-refractivity contribution in [2.45, 2.75) is 26.3 Å². The van der Waals surface area contributed by atoms with Crippen molar-refractivity contribution in [2.24, 2.45) is 5.92 Å². The van der Waals surface area contributed by atoms with E-state index in [1.165, 1.54) is 0 Å². The molecule has 0 bridgehead atoms. The minimum absolute atomic E-state index is 0.0323. The summed E-state index contributed by atoms with van der Waals surface area (Å²) in [6.45, 7) is 3.58. The maximum absolute atomic E-state index is 12.4. The molecule has 0 spiro atoms. The summed E-state index contributed by atoms with van der Waals surface area (Å²) in [5.74, 6) is 0.340. The van der Waals surface area contributed by atoms with Gasteiger partial charge in [-0.15, -0.1) is 0 Å². The van der Waals surface area contributed by atoms with Crippen molar-refractivity contribution < 1.29 is 9.59 Å². The van der Waals surface area contributed by atoms with Crippen molar-refractivity contribution in [1.29, 1.82) is 0 Å². The van der Waals surface area contributed by atoms with E-state index in [4.69, 9.17) is 12.2 Å². The average molecular weight is 438 g/mol. The Hall–Kier alpha value is -2.00. The van der Waals surface area contributed by atoms with Crippen LogP contribution in [-0.4, -0.2) is 39.7 Å². The Balaban J connectivity index is 1.56. The van der Waals surface area contributed by atoms with Gasteiger partial charge in [-0.1, -0.05) is 22.0 Å². The number of nitrogens with one attached hydrogen (secondary N) is 2. The highest BCUT2D eigenvalue weighted by molar-refractivity contribution is 9.10. The summed E-state index contributed by atoms with van der Waals surface area (Å²) < 4.78 is 3.38. The molecule has 1 unspecified atom stereocenters. The lowest BCUT2D eigenvalue weighted by Crippen LogP contribution is -2.34. The van der Waals surface area contributed by atoms with Gasteiger partial charge in [0.25, 0.3) is 0 Å². The van der Waals surface area contributed by atoms with Crippen LogP contribution in [-0.2, 0) is 22.6 Å². The number of benzene rings is 1. The third-order valence-corrected chi connectivity index (χ3v) is 5.22. The normalized spacial score (nSPS) is 16.9. The minimum Gasteiger partial charge on any atom is -0.355 e. The van der Waals surface area contributed by atoms with Crippen molar-refractivity contribution in [3.8, 4) is 0 Å². The molecule has 2 N–H and O–H groups in total. The van der Waals surface area contributed by atoms with Gasteiger partial charge in [-0.2, -0.15) is 5.10 Å². The largest absolute Gasteiger partial charge is 0.355 e. The van der Waals surface area contributed by atoms with Crippen molar-refractivity contribution in [3.63, 3.8) is 0 Å². The first-order chi connectivity index (χ1) is 12.5. The van der Waals surface area contributed by atoms with Crippen LogP contribution in [0.3, 0.4) is 0 Å². The molecule has 1 aromatic heterocycles. The van der Waals surface area contributed by atoms with Crippen LogP contribution >= 0.6 is 28.1 Å². The summed E-state index contributed by atoms with van der Waals surface area (Å²) >= 11 is 8.56. The highest BCUT2D eigenvalue weighted by atomic mass is 79.9. The zero-order valence-electron chi connectivity index (χ0n) is 14.4. The summed E-state index contributed by atoms with van der Waals surface area (Å²) in [5, 5.41) is 9.85. The molecule has 138 valence electrons. The van der Waals surface area contributed by atoms with Gasteiger partial charge in [0.05, 0.1) is 5.92 Å². The molecule has 0 aliphatic carbocycles. The molecule has 1 atom stereocenters. The fraction of sp³-hybridized carbons (Fsp3) is 0.412. The van der Waals surface area contributed by atoms with Crippen LogP contribution in [0.5, 0.6) is 0 Å². The fourth-order valence-electron chi connectivity index (χ4n) is 3.09. The van der Waals surface area contributed by atoms with Crippen molar-refractivity contribution in [2.75, 3.05) is 18.0 Å². The van der Waals surface area contributed by atoms with E-state index in [9.17, 15) is 9.59 Å². The van der Waals surface area contributed by atoms with Crippen LogP contribution in [0.2, 0.25) is 0 Å². The van der Waals surface area contributed by atoms with Gasteiger partial charge in [-0.05, 0) is 37.3 Å². The lowest BCUT2D eigenvalue weighted by molar-refractivity contribution is -0.126. The van der Waals surface area contributed by atoms with Crippen LogP contribution in [0.25, 0.3) is 0 Å². The molecule has 1 aromatic carbocycles. The highest BCUT2D eigenvalue weighted by Gasteiger charge is 2.35. The molecule has 0 radical (unpaired) electrons.